The second kappa shape index (κ2) is 6.98. The summed E-state index contributed by atoms with van der Waals surface area (Å²) in [5.74, 6) is 0. The Bertz CT molecular complexity index is 592. The zero-order valence-corrected chi connectivity index (χ0v) is 13.1. The number of hydrogen-bond donors (Lipinski definition) is 0. The summed E-state index contributed by atoms with van der Waals surface area (Å²) in [5, 5.41) is 7.31. The fourth-order valence-corrected chi connectivity index (χ4v) is 2.78. The van der Waals surface area contributed by atoms with E-state index in [1.807, 2.05) is 37.4 Å². The highest BCUT2D eigenvalue weighted by Crippen LogP contribution is 2.26. The molecule has 104 valence electrons. The molecule has 2 nitrogen and oxygen atoms in total. The van der Waals surface area contributed by atoms with Crippen molar-refractivity contribution in [2.24, 2.45) is 5.10 Å². The van der Waals surface area contributed by atoms with Gasteiger partial charge in [-0.25, -0.2) is 0 Å². The minimum atomic E-state index is 0.277. The Labute approximate surface area is 133 Å². The minimum absolute atomic E-state index is 0.277. The van der Waals surface area contributed by atoms with Gasteiger partial charge in [0.15, 0.2) is 5.17 Å². The van der Waals surface area contributed by atoms with Gasteiger partial charge in [0, 0.05) is 7.05 Å². The molecule has 0 N–H and O–H groups in total. The predicted molar refractivity (Wildman–Crippen MR) is 86.8 cm³/mol. The van der Waals surface area contributed by atoms with Gasteiger partial charge in [-0.2, -0.15) is 5.10 Å². The van der Waals surface area contributed by atoms with E-state index in [0.29, 0.717) is 22.2 Å². The van der Waals surface area contributed by atoms with Crippen LogP contribution in [-0.4, -0.2) is 17.2 Å². The van der Waals surface area contributed by atoms with Crippen molar-refractivity contribution in [1.82, 2.24) is 5.01 Å². The number of hydrazone groups is 1. The Morgan fingerprint density at radius 3 is 2.20 bits per heavy atom. The van der Waals surface area contributed by atoms with E-state index in [2.05, 4.69) is 5.10 Å². The van der Waals surface area contributed by atoms with Crippen LogP contribution in [0.15, 0.2) is 53.6 Å². The number of rotatable bonds is 4. The Morgan fingerprint density at radius 1 is 1.00 bits per heavy atom. The van der Waals surface area contributed by atoms with Crippen molar-refractivity contribution in [1.29, 1.82) is 0 Å². The normalized spacial score (nSPS) is 11.5. The molecule has 0 aromatic heterocycles. The maximum Gasteiger partial charge on any atom is 0.159 e. The van der Waals surface area contributed by atoms with E-state index in [1.54, 1.807) is 23.2 Å². The monoisotopic (exact) mass is 326 g/mol. The van der Waals surface area contributed by atoms with Gasteiger partial charge in [-0.1, -0.05) is 71.2 Å². The van der Waals surface area contributed by atoms with Crippen LogP contribution in [0.2, 0.25) is 10.0 Å². The summed E-state index contributed by atoms with van der Waals surface area (Å²) < 4.78 is 0. The van der Waals surface area contributed by atoms with Gasteiger partial charge < -0.3 is 0 Å². The van der Waals surface area contributed by atoms with Crippen LogP contribution in [0.5, 0.6) is 0 Å². The van der Waals surface area contributed by atoms with Gasteiger partial charge in [-0.05, 0) is 17.7 Å². The predicted octanol–water partition coefficient (Wildman–Crippen LogP) is 5.03. The van der Waals surface area contributed by atoms with E-state index < -0.39 is 0 Å². The van der Waals surface area contributed by atoms with E-state index in [0.717, 1.165) is 5.56 Å². The molecule has 0 saturated heterocycles. The first kappa shape index (κ1) is 15.2. The smallest absolute Gasteiger partial charge is 0.159 e. The van der Waals surface area contributed by atoms with E-state index in [-0.39, 0.29) is 5.17 Å². The first-order valence-electron chi connectivity index (χ1n) is 6.01. The molecule has 0 bridgehead atoms. The SMILES string of the molecule is CN(Cc1ccccc1)/N=C(/Cl)c1c(Cl)cccc1Cl. The molecule has 0 unspecified atom stereocenters. The average molecular weight is 328 g/mol. The Kier molecular flexibility index (Phi) is 5.30. The second-order valence-electron chi connectivity index (χ2n) is 4.29. The van der Waals surface area contributed by atoms with Gasteiger partial charge in [0.25, 0.3) is 0 Å². The molecule has 0 atom stereocenters. The van der Waals surface area contributed by atoms with Gasteiger partial charge in [-0.3, -0.25) is 5.01 Å². The largest absolute Gasteiger partial charge is 0.294 e. The standard InChI is InChI=1S/C15H13Cl3N2/c1-20(10-11-6-3-2-4-7-11)19-15(18)14-12(16)8-5-9-13(14)17/h2-9H,10H2,1H3/b19-15+. The molecular formula is C15H13Cl3N2. The summed E-state index contributed by atoms with van der Waals surface area (Å²) in [5.41, 5.74) is 1.70. The number of halogens is 3. The van der Waals surface area contributed by atoms with Crippen LogP contribution in [0.1, 0.15) is 11.1 Å². The molecule has 2 rings (SSSR count). The van der Waals surface area contributed by atoms with E-state index in [1.165, 1.54) is 0 Å². The summed E-state index contributed by atoms with van der Waals surface area (Å²) >= 11 is 18.4. The molecule has 2 aromatic carbocycles. The lowest BCUT2D eigenvalue weighted by Gasteiger charge is -2.14. The lowest BCUT2D eigenvalue weighted by molar-refractivity contribution is 0.348. The third-order valence-corrected chi connectivity index (χ3v) is 3.58. The van der Waals surface area contributed by atoms with Crippen LogP contribution >= 0.6 is 34.8 Å². The summed E-state index contributed by atoms with van der Waals surface area (Å²) in [4.78, 5) is 0. The van der Waals surface area contributed by atoms with E-state index in [9.17, 15) is 0 Å². The zero-order valence-electron chi connectivity index (χ0n) is 10.9. The fourth-order valence-electron chi connectivity index (χ4n) is 1.78. The van der Waals surface area contributed by atoms with Gasteiger partial charge in [0.1, 0.15) is 0 Å². The molecule has 0 fully saturated rings. The highest BCUT2D eigenvalue weighted by molar-refractivity contribution is 6.71. The lowest BCUT2D eigenvalue weighted by atomic mass is 10.2. The van der Waals surface area contributed by atoms with Crippen LogP contribution in [0.25, 0.3) is 0 Å². The first-order chi connectivity index (χ1) is 9.58. The fraction of sp³-hybridized carbons (Fsp3) is 0.133. The van der Waals surface area contributed by atoms with Crippen molar-refractivity contribution in [3.63, 3.8) is 0 Å². The highest BCUT2D eigenvalue weighted by atomic mass is 35.5. The molecule has 0 radical (unpaired) electrons. The topological polar surface area (TPSA) is 15.6 Å². The molecular weight excluding hydrogens is 315 g/mol. The molecule has 0 aliphatic carbocycles. The van der Waals surface area contributed by atoms with Crippen LogP contribution in [0.4, 0.5) is 0 Å². The van der Waals surface area contributed by atoms with Gasteiger partial charge in [-0.15, -0.1) is 0 Å². The molecule has 2 aromatic rings. The van der Waals surface area contributed by atoms with Crippen molar-refractivity contribution >= 4 is 40.0 Å². The van der Waals surface area contributed by atoms with Gasteiger partial charge >= 0.3 is 0 Å². The van der Waals surface area contributed by atoms with Crippen molar-refractivity contribution in [2.75, 3.05) is 7.05 Å². The number of benzene rings is 2. The molecule has 20 heavy (non-hydrogen) atoms. The molecule has 0 aliphatic heterocycles. The van der Waals surface area contributed by atoms with Crippen LogP contribution < -0.4 is 0 Å². The second-order valence-corrected chi connectivity index (χ2v) is 5.46. The third kappa shape index (κ3) is 3.89. The van der Waals surface area contributed by atoms with Gasteiger partial charge in [0.05, 0.1) is 22.2 Å². The highest BCUT2D eigenvalue weighted by Gasteiger charge is 2.11. The Morgan fingerprint density at radius 2 is 1.60 bits per heavy atom. The average Bonchev–Trinajstić information content (AvgIpc) is 2.39. The molecule has 0 saturated carbocycles. The molecule has 0 amide bonds. The first-order valence-corrected chi connectivity index (χ1v) is 7.15. The molecule has 0 heterocycles. The summed E-state index contributed by atoms with van der Waals surface area (Å²) in [6, 6.07) is 15.2. The van der Waals surface area contributed by atoms with Crippen LogP contribution in [0.3, 0.4) is 0 Å². The lowest BCUT2D eigenvalue weighted by Crippen LogP contribution is -2.13. The number of hydrogen-bond acceptors (Lipinski definition) is 2. The van der Waals surface area contributed by atoms with Crippen molar-refractivity contribution in [3.8, 4) is 0 Å². The summed E-state index contributed by atoms with van der Waals surface area (Å²) in [6.07, 6.45) is 0. The van der Waals surface area contributed by atoms with Crippen LogP contribution in [0, 0.1) is 0 Å². The van der Waals surface area contributed by atoms with Crippen molar-refractivity contribution in [2.45, 2.75) is 6.54 Å². The minimum Gasteiger partial charge on any atom is -0.294 e. The zero-order chi connectivity index (χ0) is 14.5. The van der Waals surface area contributed by atoms with Crippen molar-refractivity contribution in [3.05, 3.63) is 69.7 Å². The molecule has 0 spiro atoms. The third-order valence-electron chi connectivity index (χ3n) is 2.68. The maximum absolute atomic E-state index is 6.22. The maximum atomic E-state index is 6.22. The van der Waals surface area contributed by atoms with E-state index >= 15 is 0 Å². The van der Waals surface area contributed by atoms with Crippen molar-refractivity contribution < 1.29 is 0 Å². The summed E-state index contributed by atoms with van der Waals surface area (Å²) in [7, 11) is 1.85. The Hall–Kier alpha value is -1.22. The Balaban J connectivity index is 2.18. The quantitative estimate of drug-likeness (QED) is 0.568. The molecule has 5 heteroatoms. The number of nitrogens with zero attached hydrogens (tertiary/aromatic N) is 2. The van der Waals surface area contributed by atoms with E-state index in [4.69, 9.17) is 34.8 Å². The molecule has 0 aliphatic rings. The van der Waals surface area contributed by atoms with Crippen LogP contribution in [-0.2, 0) is 6.54 Å². The summed E-state index contributed by atoms with van der Waals surface area (Å²) in [6.45, 7) is 0.652. The van der Waals surface area contributed by atoms with Gasteiger partial charge in [0.2, 0.25) is 0 Å².